The van der Waals surface area contributed by atoms with Gasteiger partial charge in [0, 0.05) is 38.3 Å². The number of rotatable bonds is 3. The average molecular weight is 253 g/mol. The van der Waals surface area contributed by atoms with Crippen LogP contribution >= 0.6 is 0 Å². The van der Waals surface area contributed by atoms with Gasteiger partial charge in [0.25, 0.3) is 0 Å². The van der Waals surface area contributed by atoms with E-state index in [4.69, 9.17) is 0 Å². The zero-order valence-corrected chi connectivity index (χ0v) is 12.7. The Hall–Kier alpha value is -0.120. The standard InChI is InChI=1S/C15H31N3/c1-15(2)11-16-13(9-17(3)4)10-18(12-15)14-7-5-6-8-14/h13-14,16H,5-12H2,1-4H3. The van der Waals surface area contributed by atoms with Gasteiger partial charge in [-0.25, -0.2) is 0 Å². The first-order valence-electron chi connectivity index (χ1n) is 7.58. The molecule has 3 heteroatoms. The van der Waals surface area contributed by atoms with Gasteiger partial charge in [0.05, 0.1) is 0 Å². The molecule has 3 nitrogen and oxygen atoms in total. The van der Waals surface area contributed by atoms with E-state index < -0.39 is 0 Å². The summed E-state index contributed by atoms with van der Waals surface area (Å²) in [6.07, 6.45) is 5.72. The molecule has 0 radical (unpaired) electrons. The summed E-state index contributed by atoms with van der Waals surface area (Å²) in [7, 11) is 4.36. The van der Waals surface area contributed by atoms with Crippen LogP contribution in [-0.2, 0) is 0 Å². The monoisotopic (exact) mass is 253 g/mol. The Morgan fingerprint density at radius 1 is 1.22 bits per heavy atom. The summed E-state index contributed by atoms with van der Waals surface area (Å²) < 4.78 is 0. The fraction of sp³-hybridized carbons (Fsp3) is 1.00. The molecular formula is C15H31N3. The zero-order chi connectivity index (χ0) is 13.2. The molecule has 1 saturated heterocycles. The molecule has 0 aromatic rings. The van der Waals surface area contributed by atoms with Crippen molar-refractivity contribution < 1.29 is 0 Å². The van der Waals surface area contributed by atoms with Crippen LogP contribution in [0, 0.1) is 5.41 Å². The smallest absolute Gasteiger partial charge is 0.0322 e. The summed E-state index contributed by atoms with van der Waals surface area (Å²) in [5, 5.41) is 3.77. The summed E-state index contributed by atoms with van der Waals surface area (Å²) in [4.78, 5) is 5.09. The van der Waals surface area contributed by atoms with Crippen LogP contribution in [0.1, 0.15) is 39.5 Å². The van der Waals surface area contributed by atoms with E-state index in [9.17, 15) is 0 Å². The topological polar surface area (TPSA) is 18.5 Å². The third kappa shape index (κ3) is 3.94. The molecule has 1 aliphatic carbocycles. The first-order chi connectivity index (χ1) is 8.46. The summed E-state index contributed by atoms with van der Waals surface area (Å²) in [6, 6.07) is 1.48. The molecule has 2 fully saturated rings. The Kier molecular flexibility index (Phi) is 4.68. The molecule has 1 aliphatic heterocycles. The van der Waals surface area contributed by atoms with Gasteiger partial charge in [-0.3, -0.25) is 4.90 Å². The third-order valence-corrected chi connectivity index (χ3v) is 4.38. The van der Waals surface area contributed by atoms with Crippen molar-refractivity contribution in [1.29, 1.82) is 0 Å². The number of nitrogens with zero attached hydrogens (tertiary/aromatic N) is 2. The minimum atomic E-state index is 0.406. The molecule has 0 amide bonds. The lowest BCUT2D eigenvalue weighted by atomic mass is 9.92. The van der Waals surface area contributed by atoms with E-state index >= 15 is 0 Å². The minimum Gasteiger partial charge on any atom is -0.311 e. The van der Waals surface area contributed by atoms with Crippen LogP contribution in [0.3, 0.4) is 0 Å². The van der Waals surface area contributed by atoms with E-state index in [1.54, 1.807) is 0 Å². The Balaban J connectivity index is 2.00. The highest BCUT2D eigenvalue weighted by molar-refractivity contribution is 4.90. The second-order valence-corrected chi connectivity index (χ2v) is 7.37. The number of nitrogens with one attached hydrogen (secondary N) is 1. The minimum absolute atomic E-state index is 0.406. The van der Waals surface area contributed by atoms with Crippen LogP contribution in [0.15, 0.2) is 0 Å². The molecule has 1 N–H and O–H groups in total. The third-order valence-electron chi connectivity index (χ3n) is 4.38. The van der Waals surface area contributed by atoms with Crippen LogP contribution in [0.2, 0.25) is 0 Å². The second kappa shape index (κ2) is 5.89. The number of hydrogen-bond acceptors (Lipinski definition) is 3. The van der Waals surface area contributed by atoms with E-state index in [0.29, 0.717) is 11.5 Å². The van der Waals surface area contributed by atoms with Gasteiger partial charge < -0.3 is 10.2 Å². The van der Waals surface area contributed by atoms with Gasteiger partial charge in [0.15, 0.2) is 0 Å². The maximum Gasteiger partial charge on any atom is 0.0322 e. The van der Waals surface area contributed by atoms with Crippen molar-refractivity contribution in [3.8, 4) is 0 Å². The highest BCUT2D eigenvalue weighted by Crippen LogP contribution is 2.28. The average Bonchev–Trinajstić information content (AvgIpc) is 2.73. The van der Waals surface area contributed by atoms with Gasteiger partial charge >= 0.3 is 0 Å². The van der Waals surface area contributed by atoms with E-state index in [0.717, 1.165) is 19.1 Å². The maximum absolute atomic E-state index is 3.77. The molecule has 18 heavy (non-hydrogen) atoms. The highest BCUT2D eigenvalue weighted by atomic mass is 15.2. The molecular weight excluding hydrogens is 222 g/mol. The predicted octanol–water partition coefficient (Wildman–Crippen LogP) is 1.79. The Morgan fingerprint density at radius 3 is 2.50 bits per heavy atom. The molecule has 0 aromatic heterocycles. The quantitative estimate of drug-likeness (QED) is 0.827. The van der Waals surface area contributed by atoms with Crippen molar-refractivity contribution in [2.45, 2.75) is 51.6 Å². The first-order valence-corrected chi connectivity index (χ1v) is 7.58. The van der Waals surface area contributed by atoms with Gasteiger partial charge in [-0.05, 0) is 32.4 Å². The normalized spacial score (nSPS) is 30.8. The fourth-order valence-corrected chi connectivity index (χ4v) is 3.55. The van der Waals surface area contributed by atoms with Crippen LogP contribution in [0.5, 0.6) is 0 Å². The lowest BCUT2D eigenvalue weighted by Gasteiger charge is -2.34. The molecule has 1 atom stereocenters. The number of likely N-dealkylation sites (N-methyl/N-ethyl adjacent to an activating group) is 1. The molecule has 2 rings (SSSR count). The van der Waals surface area contributed by atoms with E-state index in [2.05, 4.69) is 43.1 Å². The van der Waals surface area contributed by atoms with Gasteiger partial charge in [0.1, 0.15) is 0 Å². The van der Waals surface area contributed by atoms with Gasteiger partial charge in [-0.15, -0.1) is 0 Å². The molecule has 106 valence electrons. The summed E-state index contributed by atoms with van der Waals surface area (Å²) in [5.41, 5.74) is 0.406. The summed E-state index contributed by atoms with van der Waals surface area (Å²) in [5.74, 6) is 0. The van der Waals surface area contributed by atoms with E-state index in [-0.39, 0.29) is 0 Å². The summed E-state index contributed by atoms with van der Waals surface area (Å²) >= 11 is 0. The van der Waals surface area contributed by atoms with Gasteiger partial charge in [-0.2, -0.15) is 0 Å². The SMILES string of the molecule is CN(C)CC1CN(C2CCCC2)CC(C)(C)CN1. The Morgan fingerprint density at radius 2 is 1.89 bits per heavy atom. The van der Waals surface area contributed by atoms with Gasteiger partial charge in [0.2, 0.25) is 0 Å². The van der Waals surface area contributed by atoms with Crippen molar-refractivity contribution in [3.63, 3.8) is 0 Å². The van der Waals surface area contributed by atoms with Crippen molar-refractivity contribution >= 4 is 0 Å². The Bertz CT molecular complexity index is 256. The highest BCUT2D eigenvalue weighted by Gasteiger charge is 2.33. The zero-order valence-electron chi connectivity index (χ0n) is 12.7. The molecule has 1 saturated carbocycles. The van der Waals surface area contributed by atoms with Crippen LogP contribution in [0.25, 0.3) is 0 Å². The van der Waals surface area contributed by atoms with E-state index in [1.165, 1.54) is 38.8 Å². The predicted molar refractivity (Wildman–Crippen MR) is 78.0 cm³/mol. The molecule has 2 aliphatic rings. The summed E-state index contributed by atoms with van der Waals surface area (Å²) in [6.45, 7) is 9.59. The molecule has 1 unspecified atom stereocenters. The number of hydrogen-bond donors (Lipinski definition) is 1. The van der Waals surface area contributed by atoms with Crippen LogP contribution in [-0.4, -0.2) is 62.2 Å². The lowest BCUT2D eigenvalue weighted by molar-refractivity contribution is 0.144. The van der Waals surface area contributed by atoms with Gasteiger partial charge in [-0.1, -0.05) is 26.7 Å². The van der Waals surface area contributed by atoms with Crippen LogP contribution < -0.4 is 5.32 Å². The first kappa shape index (κ1) is 14.3. The van der Waals surface area contributed by atoms with Crippen molar-refractivity contribution in [3.05, 3.63) is 0 Å². The molecule has 0 bridgehead atoms. The second-order valence-electron chi connectivity index (χ2n) is 7.37. The van der Waals surface area contributed by atoms with Crippen LogP contribution in [0.4, 0.5) is 0 Å². The van der Waals surface area contributed by atoms with Crippen molar-refractivity contribution in [1.82, 2.24) is 15.1 Å². The Labute approximate surface area is 113 Å². The molecule has 0 aromatic carbocycles. The fourth-order valence-electron chi connectivity index (χ4n) is 3.55. The maximum atomic E-state index is 3.77. The lowest BCUT2D eigenvalue weighted by Crippen LogP contribution is -2.46. The van der Waals surface area contributed by atoms with Crippen molar-refractivity contribution in [2.24, 2.45) is 5.41 Å². The largest absolute Gasteiger partial charge is 0.311 e. The van der Waals surface area contributed by atoms with E-state index in [1.807, 2.05) is 0 Å². The van der Waals surface area contributed by atoms with Crippen molar-refractivity contribution in [2.75, 3.05) is 40.3 Å². The molecule has 0 spiro atoms. The molecule has 1 heterocycles.